The van der Waals surface area contributed by atoms with Gasteiger partial charge in [-0.3, -0.25) is 0 Å². The van der Waals surface area contributed by atoms with Crippen LogP contribution in [0.2, 0.25) is 10.0 Å². The zero-order valence-corrected chi connectivity index (χ0v) is 25.3. The average Bonchev–Trinajstić information content (AvgIpc) is 3.38. The van der Waals surface area contributed by atoms with E-state index >= 15 is 0 Å². The van der Waals surface area contributed by atoms with Crippen LogP contribution in [0.3, 0.4) is 0 Å². The minimum Gasteiger partial charge on any atom is -0.462 e. The van der Waals surface area contributed by atoms with E-state index in [9.17, 15) is 4.79 Å². The number of para-hydroxylation sites is 3. The Morgan fingerprint density at radius 1 is 0.909 bits per heavy atom. The molecular formula is C34H26Cl2N6O2. The van der Waals surface area contributed by atoms with Gasteiger partial charge in [-0.2, -0.15) is 5.10 Å². The molecule has 44 heavy (non-hydrogen) atoms. The fourth-order valence-corrected chi connectivity index (χ4v) is 5.89. The molecule has 1 aromatic heterocycles. The summed E-state index contributed by atoms with van der Waals surface area (Å²) in [6.07, 6.45) is 0. The molecule has 0 unspecified atom stereocenters. The molecule has 0 radical (unpaired) electrons. The van der Waals surface area contributed by atoms with Crippen LogP contribution in [0.15, 0.2) is 107 Å². The molecule has 0 fully saturated rings. The van der Waals surface area contributed by atoms with Crippen LogP contribution in [0.1, 0.15) is 40.1 Å². The third-order valence-corrected chi connectivity index (χ3v) is 8.30. The number of hydrogen-bond donors (Lipinski definition) is 1. The van der Waals surface area contributed by atoms with E-state index in [2.05, 4.69) is 10.2 Å². The summed E-state index contributed by atoms with van der Waals surface area (Å²) < 4.78 is 7.01. The van der Waals surface area contributed by atoms with Crippen LogP contribution < -0.4 is 10.2 Å². The molecule has 0 amide bonds. The number of benzene rings is 4. The first kappa shape index (κ1) is 27.9. The average molecular weight is 622 g/mol. The second kappa shape index (κ2) is 11.3. The number of hydrogen-bond acceptors (Lipinski definition) is 7. The highest BCUT2D eigenvalue weighted by Gasteiger charge is 2.41. The molecule has 0 saturated heterocycles. The topological polar surface area (TPSA) is 84.1 Å². The predicted octanol–water partition coefficient (Wildman–Crippen LogP) is 8.46. The van der Waals surface area contributed by atoms with E-state index in [0.717, 1.165) is 39.6 Å². The number of fused-ring (bicyclic) bond motifs is 4. The van der Waals surface area contributed by atoms with Gasteiger partial charge in [-0.1, -0.05) is 59.6 Å². The zero-order chi connectivity index (χ0) is 30.4. The number of ether oxygens (including phenoxy) is 1. The third-order valence-electron chi connectivity index (χ3n) is 7.56. The Morgan fingerprint density at radius 2 is 1.66 bits per heavy atom. The Labute approximate surface area is 264 Å². The van der Waals surface area contributed by atoms with Crippen molar-refractivity contribution in [3.63, 3.8) is 0 Å². The first-order chi connectivity index (χ1) is 21.4. The maximum Gasteiger partial charge on any atom is 0.338 e. The number of nitrogens with one attached hydrogen (secondary N) is 1. The van der Waals surface area contributed by atoms with Gasteiger partial charge in [-0.15, -0.1) is 0 Å². The van der Waals surface area contributed by atoms with Gasteiger partial charge in [0.2, 0.25) is 0 Å². The highest BCUT2D eigenvalue weighted by Crippen LogP contribution is 2.48. The molecule has 4 aromatic carbocycles. The number of aromatic nitrogens is 2. The normalized spacial score (nSPS) is 15.0. The number of esters is 1. The van der Waals surface area contributed by atoms with Crippen LogP contribution in [0, 0.1) is 6.92 Å². The second-order valence-corrected chi connectivity index (χ2v) is 11.1. The molecule has 7 rings (SSSR count). The molecule has 10 heteroatoms. The lowest BCUT2D eigenvalue weighted by molar-refractivity contribution is 0.0526. The fraction of sp³-hybridized carbons (Fsp3) is 0.118. The van der Waals surface area contributed by atoms with Crippen molar-refractivity contribution < 1.29 is 9.53 Å². The summed E-state index contributed by atoms with van der Waals surface area (Å²) >= 11 is 13.0. The van der Waals surface area contributed by atoms with E-state index in [1.54, 1.807) is 19.1 Å². The number of aliphatic imine (C=N–C) groups is 2. The van der Waals surface area contributed by atoms with Gasteiger partial charge in [0, 0.05) is 11.3 Å². The monoisotopic (exact) mass is 620 g/mol. The summed E-state index contributed by atoms with van der Waals surface area (Å²) in [4.78, 5) is 24.7. The first-order valence-electron chi connectivity index (χ1n) is 14.1. The van der Waals surface area contributed by atoms with Crippen molar-refractivity contribution in [2.45, 2.75) is 19.9 Å². The molecule has 218 valence electrons. The van der Waals surface area contributed by atoms with Gasteiger partial charge in [-0.25, -0.2) is 19.5 Å². The molecule has 5 aromatic rings. The zero-order valence-electron chi connectivity index (χ0n) is 23.8. The number of carbonyl (C=O) groups is 1. The summed E-state index contributed by atoms with van der Waals surface area (Å²) in [6.45, 7) is 4.09. The molecule has 3 heterocycles. The Bertz CT molecular complexity index is 1970. The van der Waals surface area contributed by atoms with Crippen molar-refractivity contribution >= 4 is 63.7 Å². The minimum absolute atomic E-state index is 0.311. The molecule has 2 aliphatic rings. The van der Waals surface area contributed by atoms with Gasteiger partial charge in [-0.05, 0) is 80.1 Å². The van der Waals surface area contributed by atoms with Gasteiger partial charge in [0.1, 0.15) is 0 Å². The SMILES string of the molecule is CCOC(=O)c1ccc(NC2=Nc3ccccc3N3C2=Nc2c(c(C)nn2-c2ccccc2)[C@H]3c2ccc(Cl)c(Cl)c2)cc1. The van der Waals surface area contributed by atoms with E-state index in [-0.39, 0.29) is 12.0 Å². The standard InChI is InChI=1S/C34H26Cl2N6O2/c1-3-44-34(43)21-13-16-23(17-14-21)37-31-33-39-32-29(20(2)40-42(32)24-9-5-4-6-10-24)30(22-15-18-25(35)26(36)19-22)41(33)28-12-8-7-11-27(28)38-31/h4-19,30H,3H2,1-2H3,(H,37,38)/t30-/m1/s1. The first-order valence-corrected chi connectivity index (χ1v) is 14.9. The fourth-order valence-electron chi connectivity index (χ4n) is 5.59. The minimum atomic E-state index is -0.368. The quantitative estimate of drug-likeness (QED) is 0.199. The number of nitrogens with zero attached hydrogens (tertiary/aromatic N) is 5. The van der Waals surface area contributed by atoms with Gasteiger partial charge in [0.25, 0.3) is 0 Å². The third kappa shape index (κ3) is 4.82. The van der Waals surface area contributed by atoms with E-state index in [0.29, 0.717) is 39.7 Å². The van der Waals surface area contributed by atoms with Gasteiger partial charge in [0.15, 0.2) is 17.5 Å². The Morgan fingerprint density at radius 3 is 2.41 bits per heavy atom. The van der Waals surface area contributed by atoms with Gasteiger partial charge >= 0.3 is 5.97 Å². The Hall–Kier alpha value is -4.92. The molecule has 2 aliphatic heterocycles. The highest BCUT2D eigenvalue weighted by atomic mass is 35.5. The number of aryl methyl sites for hydroxylation is 1. The molecular weight excluding hydrogens is 595 g/mol. The second-order valence-electron chi connectivity index (χ2n) is 10.3. The number of anilines is 2. The summed E-state index contributed by atoms with van der Waals surface area (Å²) in [5, 5.41) is 9.36. The van der Waals surface area contributed by atoms with Crippen LogP contribution in [0.25, 0.3) is 5.69 Å². The Kier molecular flexibility index (Phi) is 7.16. The smallest absolute Gasteiger partial charge is 0.338 e. The van der Waals surface area contributed by atoms with Gasteiger partial charge < -0.3 is 15.0 Å². The molecule has 1 atom stereocenters. The van der Waals surface area contributed by atoms with Crippen LogP contribution in [-0.4, -0.2) is 34.0 Å². The lowest BCUT2D eigenvalue weighted by Crippen LogP contribution is -2.46. The molecule has 0 spiro atoms. The van der Waals surface area contributed by atoms with E-state index in [1.165, 1.54) is 0 Å². The number of carbonyl (C=O) groups excluding carboxylic acids is 1. The van der Waals surface area contributed by atoms with Crippen LogP contribution >= 0.6 is 23.2 Å². The van der Waals surface area contributed by atoms with E-state index in [4.69, 9.17) is 43.0 Å². The lowest BCUT2D eigenvalue weighted by Gasteiger charge is -2.40. The van der Waals surface area contributed by atoms with E-state index < -0.39 is 0 Å². The number of halogens is 2. The van der Waals surface area contributed by atoms with Crippen molar-refractivity contribution in [2.75, 3.05) is 16.8 Å². The van der Waals surface area contributed by atoms with Crippen molar-refractivity contribution in [2.24, 2.45) is 9.98 Å². The van der Waals surface area contributed by atoms with Crippen molar-refractivity contribution in [3.05, 3.63) is 129 Å². The van der Waals surface area contributed by atoms with Crippen molar-refractivity contribution in [1.29, 1.82) is 0 Å². The molecule has 0 aliphatic carbocycles. The number of amidine groups is 2. The molecule has 1 N–H and O–H groups in total. The van der Waals surface area contributed by atoms with Crippen LogP contribution in [0.5, 0.6) is 0 Å². The maximum absolute atomic E-state index is 12.2. The lowest BCUT2D eigenvalue weighted by atomic mass is 9.93. The predicted molar refractivity (Wildman–Crippen MR) is 176 cm³/mol. The summed E-state index contributed by atoms with van der Waals surface area (Å²) in [5.74, 6) is 1.48. The Balaban J connectivity index is 1.42. The van der Waals surface area contributed by atoms with Crippen molar-refractivity contribution in [1.82, 2.24) is 9.78 Å². The van der Waals surface area contributed by atoms with E-state index in [1.807, 2.05) is 96.5 Å². The summed E-state index contributed by atoms with van der Waals surface area (Å²) in [6, 6.07) is 30.3. The molecule has 8 nitrogen and oxygen atoms in total. The molecule has 0 bridgehead atoms. The largest absolute Gasteiger partial charge is 0.462 e. The van der Waals surface area contributed by atoms with Crippen molar-refractivity contribution in [3.8, 4) is 5.69 Å². The highest BCUT2D eigenvalue weighted by molar-refractivity contribution is 6.51. The maximum atomic E-state index is 12.2. The van der Waals surface area contributed by atoms with Crippen LogP contribution in [0.4, 0.5) is 22.9 Å². The number of rotatable bonds is 5. The summed E-state index contributed by atoms with van der Waals surface area (Å²) in [5.41, 5.74) is 6.48. The summed E-state index contributed by atoms with van der Waals surface area (Å²) in [7, 11) is 0. The van der Waals surface area contributed by atoms with Gasteiger partial charge in [0.05, 0.1) is 51.0 Å². The molecule has 0 saturated carbocycles. The van der Waals surface area contributed by atoms with Crippen LogP contribution in [-0.2, 0) is 4.74 Å².